The highest BCUT2D eigenvalue weighted by Gasteiger charge is 2.27. The lowest BCUT2D eigenvalue weighted by Gasteiger charge is -2.35. The number of esters is 1. The summed E-state index contributed by atoms with van der Waals surface area (Å²) >= 11 is 0. The van der Waals surface area contributed by atoms with E-state index < -0.39 is 0 Å². The van der Waals surface area contributed by atoms with Crippen molar-refractivity contribution in [1.82, 2.24) is 0 Å². The molecule has 0 aromatic heterocycles. The lowest BCUT2D eigenvalue weighted by Crippen LogP contribution is -2.32. The molecule has 0 amide bonds. The molecule has 1 aliphatic heterocycles. The Hall–Kier alpha value is -3.31. The zero-order chi connectivity index (χ0) is 21.8. The van der Waals surface area contributed by atoms with Crippen LogP contribution in [0.25, 0.3) is 11.1 Å². The van der Waals surface area contributed by atoms with Crippen molar-refractivity contribution in [3.63, 3.8) is 0 Å². The second kappa shape index (κ2) is 9.23. The van der Waals surface area contributed by atoms with Crippen LogP contribution in [0.3, 0.4) is 0 Å². The molecule has 4 rings (SSSR count). The molecule has 1 atom stereocenters. The van der Waals surface area contributed by atoms with Crippen LogP contribution in [-0.2, 0) is 22.5 Å². The van der Waals surface area contributed by atoms with Gasteiger partial charge in [0.1, 0.15) is 11.9 Å². The molecule has 5 heteroatoms. The number of carbonyl (C=O) groups excluding carboxylic acids is 1. The van der Waals surface area contributed by atoms with Gasteiger partial charge < -0.3 is 20.1 Å². The van der Waals surface area contributed by atoms with E-state index in [-0.39, 0.29) is 18.5 Å². The van der Waals surface area contributed by atoms with E-state index in [0.29, 0.717) is 13.2 Å². The molecule has 0 radical (unpaired) electrons. The summed E-state index contributed by atoms with van der Waals surface area (Å²) in [6, 6.07) is 22.6. The van der Waals surface area contributed by atoms with E-state index >= 15 is 0 Å². The van der Waals surface area contributed by atoms with Crippen LogP contribution in [0.15, 0.2) is 66.7 Å². The first-order valence-electron chi connectivity index (χ1n) is 10.6. The zero-order valence-corrected chi connectivity index (χ0v) is 18.0. The standard InChI is InChI=1S/C26H28N2O3/c1-3-30-25(29)15-22-11-6-12-23-26(22)31-24(17-28(23)2)21-10-5-9-20(14-21)19-8-4-7-18(13-19)16-27/h4-14,24H,3,15-17,27H2,1-2H3. The average molecular weight is 417 g/mol. The van der Waals surface area contributed by atoms with Gasteiger partial charge in [0.25, 0.3) is 0 Å². The van der Waals surface area contributed by atoms with Crippen molar-refractivity contribution in [1.29, 1.82) is 0 Å². The number of benzene rings is 3. The number of ether oxygens (including phenoxy) is 2. The highest BCUT2D eigenvalue weighted by molar-refractivity contribution is 5.76. The second-order valence-corrected chi connectivity index (χ2v) is 7.76. The lowest BCUT2D eigenvalue weighted by atomic mass is 9.98. The molecule has 31 heavy (non-hydrogen) atoms. The number of para-hydroxylation sites is 1. The summed E-state index contributed by atoms with van der Waals surface area (Å²) in [7, 11) is 2.05. The number of fused-ring (bicyclic) bond motifs is 1. The van der Waals surface area contributed by atoms with Crippen LogP contribution in [0.4, 0.5) is 5.69 Å². The van der Waals surface area contributed by atoms with E-state index in [1.54, 1.807) is 0 Å². The first-order valence-corrected chi connectivity index (χ1v) is 10.6. The second-order valence-electron chi connectivity index (χ2n) is 7.76. The van der Waals surface area contributed by atoms with Gasteiger partial charge in [-0.1, -0.05) is 48.5 Å². The molecule has 1 heterocycles. The predicted octanol–water partition coefficient (Wildman–Crippen LogP) is 4.49. The zero-order valence-electron chi connectivity index (χ0n) is 18.0. The molecule has 0 fully saturated rings. The van der Waals surface area contributed by atoms with Gasteiger partial charge in [-0.2, -0.15) is 0 Å². The molecule has 0 saturated carbocycles. The van der Waals surface area contributed by atoms with Crippen molar-refractivity contribution in [3.8, 4) is 16.9 Å². The van der Waals surface area contributed by atoms with Crippen molar-refractivity contribution in [2.24, 2.45) is 5.73 Å². The Morgan fingerprint density at radius 2 is 1.84 bits per heavy atom. The molecule has 3 aromatic carbocycles. The van der Waals surface area contributed by atoms with Crippen molar-refractivity contribution in [2.45, 2.75) is 26.0 Å². The fourth-order valence-electron chi connectivity index (χ4n) is 4.01. The topological polar surface area (TPSA) is 64.8 Å². The maximum Gasteiger partial charge on any atom is 0.310 e. The fraction of sp³-hybridized carbons (Fsp3) is 0.269. The number of nitrogens with zero attached hydrogens (tertiary/aromatic N) is 1. The SMILES string of the molecule is CCOC(=O)Cc1cccc2c1OC(c1cccc(-c3cccc(CN)c3)c1)CN2C. The molecule has 160 valence electrons. The summed E-state index contributed by atoms with van der Waals surface area (Å²) in [6.07, 6.45) is 0.0576. The highest BCUT2D eigenvalue weighted by Crippen LogP contribution is 2.40. The average Bonchev–Trinajstić information content (AvgIpc) is 2.80. The minimum atomic E-state index is -0.244. The van der Waals surface area contributed by atoms with Gasteiger partial charge in [-0.15, -0.1) is 0 Å². The van der Waals surface area contributed by atoms with Crippen molar-refractivity contribution in [2.75, 3.05) is 25.1 Å². The molecule has 0 aliphatic carbocycles. The van der Waals surface area contributed by atoms with Crippen LogP contribution >= 0.6 is 0 Å². The number of hydrogen-bond acceptors (Lipinski definition) is 5. The summed E-state index contributed by atoms with van der Waals surface area (Å²) in [6.45, 7) is 3.43. The molecular weight excluding hydrogens is 388 g/mol. The van der Waals surface area contributed by atoms with E-state index in [9.17, 15) is 4.79 Å². The summed E-state index contributed by atoms with van der Waals surface area (Å²) in [5.74, 6) is 0.510. The molecular formula is C26H28N2O3. The number of nitrogens with two attached hydrogens (primary N) is 1. The quantitative estimate of drug-likeness (QED) is 0.600. The van der Waals surface area contributed by atoms with Gasteiger partial charge in [-0.05, 0) is 47.4 Å². The maximum atomic E-state index is 12.1. The Bertz CT molecular complexity index is 1080. The summed E-state index contributed by atoms with van der Waals surface area (Å²) in [5, 5.41) is 0. The minimum Gasteiger partial charge on any atom is -0.481 e. The smallest absolute Gasteiger partial charge is 0.310 e. The Balaban J connectivity index is 1.64. The summed E-state index contributed by atoms with van der Waals surface area (Å²) in [4.78, 5) is 14.3. The molecule has 5 nitrogen and oxygen atoms in total. The summed E-state index contributed by atoms with van der Waals surface area (Å²) in [5.41, 5.74) is 12.1. The lowest BCUT2D eigenvalue weighted by molar-refractivity contribution is -0.142. The Morgan fingerprint density at radius 3 is 2.61 bits per heavy atom. The molecule has 3 aromatic rings. The van der Waals surface area contributed by atoms with Gasteiger partial charge in [0.15, 0.2) is 0 Å². The summed E-state index contributed by atoms with van der Waals surface area (Å²) < 4.78 is 11.6. The van der Waals surface area contributed by atoms with Gasteiger partial charge >= 0.3 is 5.97 Å². The van der Waals surface area contributed by atoms with E-state index in [2.05, 4.69) is 48.3 Å². The van der Waals surface area contributed by atoms with E-state index in [4.69, 9.17) is 15.2 Å². The fourth-order valence-corrected chi connectivity index (χ4v) is 4.01. The van der Waals surface area contributed by atoms with Gasteiger partial charge in [0, 0.05) is 19.2 Å². The number of anilines is 1. The molecule has 1 unspecified atom stereocenters. The van der Waals surface area contributed by atoms with Crippen LogP contribution in [0, 0.1) is 0 Å². The third kappa shape index (κ3) is 4.57. The van der Waals surface area contributed by atoms with Gasteiger partial charge in [-0.25, -0.2) is 0 Å². The predicted molar refractivity (Wildman–Crippen MR) is 123 cm³/mol. The van der Waals surface area contributed by atoms with Crippen molar-refractivity contribution < 1.29 is 14.3 Å². The third-order valence-electron chi connectivity index (χ3n) is 5.58. The molecule has 0 bridgehead atoms. The van der Waals surface area contributed by atoms with Crippen LogP contribution in [0.2, 0.25) is 0 Å². The normalized spacial score (nSPS) is 15.2. The monoisotopic (exact) mass is 416 g/mol. The van der Waals surface area contributed by atoms with Crippen molar-refractivity contribution >= 4 is 11.7 Å². The van der Waals surface area contributed by atoms with Crippen molar-refractivity contribution in [3.05, 3.63) is 83.4 Å². The number of likely N-dealkylation sites (N-methyl/N-ethyl adjacent to an activating group) is 1. The van der Waals surface area contributed by atoms with E-state index in [0.717, 1.165) is 45.8 Å². The minimum absolute atomic E-state index is 0.140. The number of hydrogen-bond donors (Lipinski definition) is 1. The first-order chi connectivity index (χ1) is 15.1. The van der Waals surface area contributed by atoms with Gasteiger partial charge in [0.05, 0.1) is 25.3 Å². The Morgan fingerprint density at radius 1 is 1.10 bits per heavy atom. The number of carbonyl (C=O) groups is 1. The maximum absolute atomic E-state index is 12.1. The van der Waals surface area contributed by atoms with Gasteiger partial charge in [-0.3, -0.25) is 4.79 Å². The number of rotatable bonds is 6. The Kier molecular flexibility index (Phi) is 6.23. The van der Waals surface area contributed by atoms with E-state index in [1.807, 2.05) is 37.3 Å². The van der Waals surface area contributed by atoms with Crippen LogP contribution in [0.1, 0.15) is 29.7 Å². The highest BCUT2D eigenvalue weighted by atomic mass is 16.5. The molecule has 0 spiro atoms. The molecule has 2 N–H and O–H groups in total. The van der Waals surface area contributed by atoms with Crippen LogP contribution < -0.4 is 15.4 Å². The Labute approximate surface area is 183 Å². The van der Waals surface area contributed by atoms with Crippen LogP contribution in [0.5, 0.6) is 5.75 Å². The third-order valence-corrected chi connectivity index (χ3v) is 5.58. The van der Waals surface area contributed by atoms with E-state index in [1.165, 1.54) is 0 Å². The van der Waals surface area contributed by atoms with Crippen LogP contribution in [-0.4, -0.2) is 26.2 Å². The molecule has 0 saturated heterocycles. The van der Waals surface area contributed by atoms with Gasteiger partial charge in [0.2, 0.25) is 0 Å². The largest absolute Gasteiger partial charge is 0.481 e. The first kappa shape index (κ1) is 20.9. The molecule has 1 aliphatic rings.